The zero-order chi connectivity index (χ0) is 16.7. The molecule has 0 aliphatic heterocycles. The molecule has 0 aliphatic rings. The first kappa shape index (κ1) is 16.8. The van der Waals surface area contributed by atoms with Crippen molar-refractivity contribution in [2.45, 2.75) is 26.0 Å². The molecule has 6 heteroatoms. The lowest BCUT2D eigenvalue weighted by Gasteiger charge is -2.13. The highest BCUT2D eigenvalue weighted by atomic mass is 16.5. The molecule has 0 spiro atoms. The molecule has 1 aromatic carbocycles. The molecule has 1 aromatic heterocycles. The summed E-state index contributed by atoms with van der Waals surface area (Å²) in [5.41, 5.74) is 0.704. The van der Waals surface area contributed by atoms with Crippen LogP contribution in [-0.2, 0) is 11.3 Å². The molecule has 1 amide bonds. The van der Waals surface area contributed by atoms with Crippen LogP contribution >= 0.6 is 0 Å². The molecule has 0 aliphatic carbocycles. The average Bonchev–Trinajstić information content (AvgIpc) is 2.60. The number of pyridine rings is 1. The number of rotatable bonds is 7. The van der Waals surface area contributed by atoms with E-state index in [9.17, 15) is 9.90 Å². The first-order valence-electron chi connectivity index (χ1n) is 7.36. The van der Waals surface area contributed by atoms with Crippen LogP contribution in [0, 0.1) is 0 Å². The van der Waals surface area contributed by atoms with Crippen LogP contribution in [0.3, 0.4) is 0 Å². The second kappa shape index (κ2) is 8.14. The Labute approximate surface area is 135 Å². The second-order valence-electron chi connectivity index (χ2n) is 4.86. The molecular weight excluding hydrogens is 296 g/mol. The first-order valence-corrected chi connectivity index (χ1v) is 7.36. The second-order valence-corrected chi connectivity index (χ2v) is 4.86. The highest BCUT2D eigenvalue weighted by Gasteiger charge is 2.14. The van der Waals surface area contributed by atoms with Gasteiger partial charge in [0.25, 0.3) is 0 Å². The number of nitrogens with one attached hydrogen (secondary N) is 1. The number of benzene rings is 1. The summed E-state index contributed by atoms with van der Waals surface area (Å²) in [6.07, 6.45) is 0.964. The van der Waals surface area contributed by atoms with Crippen molar-refractivity contribution in [3.05, 3.63) is 48.2 Å². The third-order valence-corrected chi connectivity index (χ3v) is 3.27. The Morgan fingerprint density at radius 3 is 2.70 bits per heavy atom. The number of aliphatic hydroxyl groups is 1. The van der Waals surface area contributed by atoms with Gasteiger partial charge in [0.05, 0.1) is 7.11 Å². The lowest BCUT2D eigenvalue weighted by atomic mass is 10.2. The van der Waals surface area contributed by atoms with Crippen LogP contribution in [0.1, 0.15) is 18.9 Å². The van der Waals surface area contributed by atoms with Crippen LogP contribution < -0.4 is 14.8 Å². The molecule has 2 aromatic rings. The Hall–Kier alpha value is -2.60. The number of methoxy groups -OCH3 is 1. The molecule has 0 radical (unpaired) electrons. The molecule has 0 bridgehead atoms. The van der Waals surface area contributed by atoms with E-state index in [4.69, 9.17) is 9.47 Å². The molecule has 0 saturated carbocycles. The van der Waals surface area contributed by atoms with Gasteiger partial charge < -0.3 is 19.9 Å². The van der Waals surface area contributed by atoms with E-state index in [1.807, 2.05) is 12.1 Å². The molecule has 1 heterocycles. The summed E-state index contributed by atoms with van der Waals surface area (Å²) in [6, 6.07) is 10.8. The molecule has 1 atom stereocenters. The highest BCUT2D eigenvalue weighted by Crippen LogP contribution is 2.31. The fourth-order valence-corrected chi connectivity index (χ4v) is 1.94. The molecule has 2 rings (SSSR count). The van der Waals surface area contributed by atoms with Gasteiger partial charge in [-0.25, -0.2) is 4.98 Å². The minimum atomic E-state index is -1.01. The predicted octanol–water partition coefficient (Wildman–Crippen LogP) is 2.27. The number of para-hydroxylation sites is 2. The Balaban J connectivity index is 2.13. The molecule has 6 nitrogen and oxygen atoms in total. The third-order valence-electron chi connectivity index (χ3n) is 3.27. The van der Waals surface area contributed by atoms with Crippen LogP contribution in [0.4, 0.5) is 0 Å². The van der Waals surface area contributed by atoms with E-state index in [1.165, 1.54) is 0 Å². The van der Waals surface area contributed by atoms with Crippen molar-refractivity contribution in [3.8, 4) is 17.4 Å². The third kappa shape index (κ3) is 4.43. The van der Waals surface area contributed by atoms with Crippen LogP contribution in [0.2, 0.25) is 0 Å². The maximum absolute atomic E-state index is 11.7. The van der Waals surface area contributed by atoms with Gasteiger partial charge in [0.1, 0.15) is 6.10 Å². The fraction of sp³-hybridized carbons (Fsp3) is 0.294. The largest absolute Gasteiger partial charge is 0.493 e. The van der Waals surface area contributed by atoms with E-state index in [2.05, 4.69) is 10.3 Å². The van der Waals surface area contributed by atoms with Crippen molar-refractivity contribution < 1.29 is 19.4 Å². The number of aliphatic hydroxyl groups excluding tert-OH is 1. The maximum Gasteiger partial charge on any atom is 0.249 e. The van der Waals surface area contributed by atoms with Crippen LogP contribution in [0.5, 0.6) is 17.4 Å². The van der Waals surface area contributed by atoms with Crippen molar-refractivity contribution in [1.82, 2.24) is 10.3 Å². The van der Waals surface area contributed by atoms with E-state index in [-0.39, 0.29) is 6.54 Å². The standard InChI is InChI=1S/C17H20N2O4/c1-3-13(20)16(21)19-11-12-7-6-10-18-17(12)23-15-9-5-4-8-14(15)22-2/h4-10,13,20H,3,11H2,1-2H3,(H,19,21). The lowest BCUT2D eigenvalue weighted by molar-refractivity contribution is -0.129. The Kier molecular flexibility index (Phi) is 5.94. The Morgan fingerprint density at radius 2 is 2.00 bits per heavy atom. The molecule has 0 fully saturated rings. The molecular formula is C17H20N2O4. The summed E-state index contributed by atoms with van der Waals surface area (Å²) in [5.74, 6) is 1.09. The zero-order valence-electron chi connectivity index (χ0n) is 13.2. The molecule has 0 saturated heterocycles. The lowest BCUT2D eigenvalue weighted by Crippen LogP contribution is -2.33. The van der Waals surface area contributed by atoms with Gasteiger partial charge in [-0.2, -0.15) is 0 Å². The summed E-state index contributed by atoms with van der Waals surface area (Å²) in [6.45, 7) is 1.96. The van der Waals surface area contributed by atoms with Crippen molar-refractivity contribution in [3.63, 3.8) is 0 Å². The Bertz CT molecular complexity index is 661. The average molecular weight is 316 g/mol. The van der Waals surface area contributed by atoms with Crippen molar-refractivity contribution in [2.75, 3.05) is 7.11 Å². The van der Waals surface area contributed by atoms with Gasteiger partial charge in [-0.3, -0.25) is 4.79 Å². The van der Waals surface area contributed by atoms with Gasteiger partial charge in [-0.05, 0) is 24.6 Å². The maximum atomic E-state index is 11.7. The monoisotopic (exact) mass is 316 g/mol. The summed E-state index contributed by atoms with van der Waals surface area (Å²) < 4.78 is 11.0. The van der Waals surface area contributed by atoms with Gasteiger partial charge in [0, 0.05) is 18.3 Å². The Morgan fingerprint density at radius 1 is 1.26 bits per heavy atom. The normalized spacial score (nSPS) is 11.6. The molecule has 1 unspecified atom stereocenters. The smallest absolute Gasteiger partial charge is 0.249 e. The predicted molar refractivity (Wildman–Crippen MR) is 85.4 cm³/mol. The van der Waals surface area contributed by atoms with Gasteiger partial charge in [-0.1, -0.05) is 25.1 Å². The summed E-state index contributed by atoms with van der Waals surface area (Å²) in [7, 11) is 1.56. The number of carbonyl (C=O) groups excluding carboxylic acids is 1. The summed E-state index contributed by atoms with van der Waals surface area (Å²) >= 11 is 0. The minimum absolute atomic E-state index is 0.216. The zero-order valence-corrected chi connectivity index (χ0v) is 13.2. The quantitative estimate of drug-likeness (QED) is 0.819. The highest BCUT2D eigenvalue weighted by molar-refractivity contribution is 5.80. The van der Waals surface area contributed by atoms with Crippen molar-refractivity contribution in [2.24, 2.45) is 0 Å². The molecule has 2 N–H and O–H groups in total. The van der Waals surface area contributed by atoms with Crippen LogP contribution in [0.15, 0.2) is 42.6 Å². The first-order chi connectivity index (χ1) is 11.2. The van der Waals surface area contributed by atoms with Gasteiger partial charge in [0.15, 0.2) is 11.5 Å². The SMILES string of the molecule is CCC(O)C(=O)NCc1cccnc1Oc1ccccc1OC. The molecule has 122 valence electrons. The van der Waals surface area contributed by atoms with Crippen LogP contribution in [-0.4, -0.2) is 29.2 Å². The van der Waals surface area contributed by atoms with E-state index in [0.29, 0.717) is 29.4 Å². The number of carbonyl (C=O) groups is 1. The molecule has 23 heavy (non-hydrogen) atoms. The number of aromatic nitrogens is 1. The van der Waals surface area contributed by atoms with Gasteiger partial charge in [-0.15, -0.1) is 0 Å². The van der Waals surface area contributed by atoms with E-state index >= 15 is 0 Å². The summed E-state index contributed by atoms with van der Waals surface area (Å²) in [4.78, 5) is 15.9. The van der Waals surface area contributed by atoms with E-state index in [1.54, 1.807) is 44.5 Å². The topological polar surface area (TPSA) is 80.7 Å². The minimum Gasteiger partial charge on any atom is -0.493 e. The van der Waals surface area contributed by atoms with E-state index in [0.717, 1.165) is 0 Å². The number of hydrogen-bond acceptors (Lipinski definition) is 5. The number of nitrogens with zero attached hydrogens (tertiary/aromatic N) is 1. The van der Waals surface area contributed by atoms with Gasteiger partial charge >= 0.3 is 0 Å². The van der Waals surface area contributed by atoms with Crippen LogP contribution in [0.25, 0.3) is 0 Å². The number of ether oxygens (including phenoxy) is 2. The summed E-state index contributed by atoms with van der Waals surface area (Å²) in [5, 5.41) is 12.2. The van der Waals surface area contributed by atoms with Gasteiger partial charge in [0.2, 0.25) is 11.8 Å². The number of hydrogen-bond donors (Lipinski definition) is 2. The van der Waals surface area contributed by atoms with E-state index < -0.39 is 12.0 Å². The number of amides is 1. The van der Waals surface area contributed by atoms with Crippen molar-refractivity contribution in [1.29, 1.82) is 0 Å². The van der Waals surface area contributed by atoms with Crippen molar-refractivity contribution >= 4 is 5.91 Å². The fourth-order valence-electron chi connectivity index (χ4n) is 1.94.